The van der Waals surface area contributed by atoms with E-state index < -0.39 is 18.3 Å². The van der Waals surface area contributed by atoms with Gasteiger partial charge in [0.05, 0.1) is 19.3 Å². The van der Waals surface area contributed by atoms with Crippen molar-refractivity contribution in [3.63, 3.8) is 0 Å². The van der Waals surface area contributed by atoms with Crippen LogP contribution in [-0.2, 0) is 16.1 Å². The number of hydrogen-bond donors (Lipinski definition) is 2. The Morgan fingerprint density at radius 1 is 1.17 bits per heavy atom. The molecular formula is C14H20O4. The van der Waals surface area contributed by atoms with Gasteiger partial charge in [-0.2, -0.15) is 0 Å². The molecule has 0 amide bonds. The molecule has 4 heteroatoms. The monoisotopic (exact) mass is 252 g/mol. The molecule has 0 radical (unpaired) electrons. The van der Waals surface area contributed by atoms with Crippen molar-refractivity contribution in [2.45, 2.75) is 44.9 Å². The van der Waals surface area contributed by atoms with Crippen molar-refractivity contribution in [1.29, 1.82) is 0 Å². The van der Waals surface area contributed by atoms with Crippen LogP contribution in [0.3, 0.4) is 0 Å². The Bertz CT molecular complexity index is 376. The van der Waals surface area contributed by atoms with Crippen LogP contribution < -0.4 is 0 Å². The lowest BCUT2D eigenvalue weighted by Gasteiger charge is -2.14. The summed E-state index contributed by atoms with van der Waals surface area (Å²) in [6, 6.07) is 8.09. The topological polar surface area (TPSA) is 58.9 Å². The van der Waals surface area contributed by atoms with Crippen molar-refractivity contribution in [2.75, 3.05) is 6.61 Å². The van der Waals surface area contributed by atoms with Crippen molar-refractivity contribution < 1.29 is 19.7 Å². The maximum atomic E-state index is 9.71. The molecule has 0 aromatic heterocycles. The van der Waals surface area contributed by atoms with Crippen LogP contribution in [0.2, 0.25) is 0 Å². The largest absolute Gasteiger partial charge is 0.388 e. The number of aryl methyl sites for hydroxylation is 1. The van der Waals surface area contributed by atoms with E-state index in [1.807, 2.05) is 31.2 Å². The molecule has 2 N–H and O–H groups in total. The number of hydrogen-bond acceptors (Lipinski definition) is 4. The average molecular weight is 252 g/mol. The van der Waals surface area contributed by atoms with Gasteiger partial charge in [-0.15, -0.1) is 0 Å². The van der Waals surface area contributed by atoms with Crippen molar-refractivity contribution in [2.24, 2.45) is 0 Å². The number of rotatable bonds is 4. The van der Waals surface area contributed by atoms with Gasteiger partial charge in [0.15, 0.2) is 0 Å². The summed E-state index contributed by atoms with van der Waals surface area (Å²) in [7, 11) is 0. The fourth-order valence-corrected chi connectivity index (χ4v) is 2.05. The van der Waals surface area contributed by atoms with Crippen LogP contribution in [0.25, 0.3) is 0 Å². The molecule has 0 unspecified atom stereocenters. The van der Waals surface area contributed by atoms with Crippen LogP contribution in [0.5, 0.6) is 0 Å². The first kappa shape index (κ1) is 13.5. The van der Waals surface area contributed by atoms with E-state index in [0.29, 0.717) is 6.61 Å². The Kier molecular flexibility index (Phi) is 4.35. The molecule has 1 fully saturated rings. The Morgan fingerprint density at radius 2 is 1.83 bits per heavy atom. The van der Waals surface area contributed by atoms with Crippen molar-refractivity contribution in [3.05, 3.63) is 35.4 Å². The first-order chi connectivity index (χ1) is 8.58. The third-order valence-electron chi connectivity index (χ3n) is 3.27. The summed E-state index contributed by atoms with van der Waals surface area (Å²) in [5, 5.41) is 19.3. The van der Waals surface area contributed by atoms with Crippen molar-refractivity contribution in [3.8, 4) is 0 Å². The zero-order chi connectivity index (χ0) is 13.1. The predicted octanol–water partition coefficient (Wildman–Crippen LogP) is 1.02. The molecule has 1 aromatic rings. The molecule has 1 saturated heterocycles. The van der Waals surface area contributed by atoms with Gasteiger partial charge in [-0.1, -0.05) is 29.8 Å². The van der Waals surface area contributed by atoms with Gasteiger partial charge in [0.2, 0.25) is 0 Å². The smallest absolute Gasteiger partial charge is 0.111 e. The van der Waals surface area contributed by atoms with Gasteiger partial charge in [0, 0.05) is 0 Å². The lowest BCUT2D eigenvalue weighted by atomic mass is 10.1. The molecule has 1 aromatic carbocycles. The third kappa shape index (κ3) is 3.09. The summed E-state index contributed by atoms with van der Waals surface area (Å²) >= 11 is 0. The second kappa shape index (κ2) is 5.80. The molecule has 0 bridgehead atoms. The van der Waals surface area contributed by atoms with Gasteiger partial charge >= 0.3 is 0 Å². The first-order valence-corrected chi connectivity index (χ1v) is 6.23. The summed E-state index contributed by atoms with van der Waals surface area (Å²) in [6.45, 7) is 4.55. The van der Waals surface area contributed by atoms with E-state index in [1.165, 1.54) is 5.56 Å². The average Bonchev–Trinajstić information content (AvgIpc) is 2.60. The normalized spacial score (nSPS) is 31.8. The minimum Gasteiger partial charge on any atom is -0.388 e. The van der Waals surface area contributed by atoms with Crippen LogP contribution >= 0.6 is 0 Å². The third-order valence-corrected chi connectivity index (χ3v) is 3.27. The number of aliphatic hydroxyl groups is 2. The van der Waals surface area contributed by atoms with E-state index in [4.69, 9.17) is 9.47 Å². The lowest BCUT2D eigenvalue weighted by molar-refractivity contribution is -0.0449. The van der Waals surface area contributed by atoms with Crippen LogP contribution in [0.1, 0.15) is 18.1 Å². The van der Waals surface area contributed by atoms with Crippen LogP contribution in [0, 0.1) is 6.92 Å². The van der Waals surface area contributed by atoms with E-state index in [-0.39, 0.29) is 12.7 Å². The van der Waals surface area contributed by atoms with Crippen LogP contribution in [0.4, 0.5) is 0 Å². The highest BCUT2D eigenvalue weighted by atomic mass is 16.6. The van der Waals surface area contributed by atoms with Crippen molar-refractivity contribution >= 4 is 0 Å². The zero-order valence-corrected chi connectivity index (χ0v) is 10.7. The summed E-state index contributed by atoms with van der Waals surface area (Å²) in [5.74, 6) is 0. The molecule has 1 aliphatic rings. The minimum atomic E-state index is -0.863. The van der Waals surface area contributed by atoms with E-state index >= 15 is 0 Å². The standard InChI is InChI=1S/C14H20O4/c1-9-3-5-11(6-4-9)7-17-8-12-14(16)13(15)10(2)18-12/h3-6,10,12-16H,7-8H2,1-2H3/t10-,12+,13-,14+/m0/s1. The van der Waals surface area contributed by atoms with Gasteiger partial charge in [0.25, 0.3) is 0 Å². The molecule has 2 rings (SSSR count). The quantitative estimate of drug-likeness (QED) is 0.840. The molecule has 1 aliphatic heterocycles. The molecule has 100 valence electrons. The fourth-order valence-electron chi connectivity index (χ4n) is 2.05. The Hall–Kier alpha value is -0.940. The van der Waals surface area contributed by atoms with Gasteiger partial charge in [-0.05, 0) is 19.4 Å². The fraction of sp³-hybridized carbons (Fsp3) is 0.571. The molecule has 0 saturated carbocycles. The molecule has 4 nitrogen and oxygen atoms in total. The highest BCUT2D eigenvalue weighted by molar-refractivity contribution is 5.20. The molecule has 18 heavy (non-hydrogen) atoms. The maximum Gasteiger partial charge on any atom is 0.111 e. The summed E-state index contributed by atoms with van der Waals surface area (Å²) in [6.07, 6.45) is -2.47. The highest BCUT2D eigenvalue weighted by Crippen LogP contribution is 2.21. The summed E-state index contributed by atoms with van der Waals surface area (Å²) < 4.78 is 10.9. The van der Waals surface area contributed by atoms with Crippen LogP contribution in [-0.4, -0.2) is 41.2 Å². The Labute approximate surface area is 107 Å². The lowest BCUT2D eigenvalue weighted by Crippen LogP contribution is -2.33. The Morgan fingerprint density at radius 3 is 2.39 bits per heavy atom. The zero-order valence-electron chi connectivity index (χ0n) is 10.7. The van der Waals surface area contributed by atoms with E-state index in [1.54, 1.807) is 6.92 Å². The van der Waals surface area contributed by atoms with Gasteiger partial charge in [0.1, 0.15) is 18.3 Å². The SMILES string of the molecule is Cc1ccc(COC[C@H]2O[C@@H](C)[C@H](O)[C@@H]2O)cc1. The predicted molar refractivity (Wildman–Crippen MR) is 67.2 cm³/mol. The van der Waals surface area contributed by atoms with Crippen LogP contribution in [0.15, 0.2) is 24.3 Å². The first-order valence-electron chi connectivity index (χ1n) is 6.23. The van der Waals surface area contributed by atoms with Gasteiger partial charge in [-0.25, -0.2) is 0 Å². The molecule has 1 heterocycles. The van der Waals surface area contributed by atoms with Crippen molar-refractivity contribution in [1.82, 2.24) is 0 Å². The maximum absolute atomic E-state index is 9.71. The number of ether oxygens (including phenoxy) is 2. The Balaban J connectivity index is 1.77. The second-order valence-corrected chi connectivity index (χ2v) is 4.86. The number of benzene rings is 1. The highest BCUT2D eigenvalue weighted by Gasteiger charge is 2.40. The van der Waals surface area contributed by atoms with E-state index in [0.717, 1.165) is 5.56 Å². The molecule has 0 aliphatic carbocycles. The second-order valence-electron chi connectivity index (χ2n) is 4.86. The summed E-state index contributed by atoms with van der Waals surface area (Å²) in [4.78, 5) is 0. The van der Waals surface area contributed by atoms with E-state index in [2.05, 4.69) is 0 Å². The molecular weight excluding hydrogens is 232 g/mol. The van der Waals surface area contributed by atoms with E-state index in [9.17, 15) is 10.2 Å². The van der Waals surface area contributed by atoms with Gasteiger partial charge < -0.3 is 19.7 Å². The summed E-state index contributed by atoms with van der Waals surface area (Å²) in [5.41, 5.74) is 2.30. The molecule has 0 spiro atoms. The molecule has 4 atom stereocenters. The number of aliphatic hydroxyl groups excluding tert-OH is 2. The minimum absolute atomic E-state index is 0.288. The van der Waals surface area contributed by atoms with Gasteiger partial charge in [-0.3, -0.25) is 0 Å².